The summed E-state index contributed by atoms with van der Waals surface area (Å²) in [6.45, 7) is 6.08. The molecule has 0 amide bonds. The summed E-state index contributed by atoms with van der Waals surface area (Å²) in [5.74, 6) is 0.455. The number of rotatable bonds is 3. The number of piperidine rings is 1. The average molecular weight is 249 g/mol. The van der Waals surface area contributed by atoms with Gasteiger partial charge >= 0.3 is 0 Å². The molecule has 0 bridgehead atoms. The minimum absolute atomic E-state index is 0.455. The van der Waals surface area contributed by atoms with E-state index in [1.807, 2.05) is 32.0 Å². The number of oxime groups is 1. The van der Waals surface area contributed by atoms with Crippen LogP contribution in [0.5, 0.6) is 0 Å². The Labute approximate surface area is 109 Å². The van der Waals surface area contributed by atoms with Gasteiger partial charge in [0.1, 0.15) is 12.8 Å². The third kappa shape index (κ3) is 4.11. The van der Waals surface area contributed by atoms with Crippen LogP contribution in [0.4, 0.5) is 0 Å². The fourth-order valence-electron chi connectivity index (χ4n) is 2.04. The predicted octanol–water partition coefficient (Wildman–Crippen LogP) is 2.46. The fourth-order valence-corrected chi connectivity index (χ4v) is 2.04. The van der Waals surface area contributed by atoms with Gasteiger partial charge in [-0.2, -0.15) is 0 Å². The summed E-state index contributed by atoms with van der Waals surface area (Å²) in [6.07, 6.45) is 3.99. The molecule has 0 unspecified atom stereocenters. The van der Waals surface area contributed by atoms with Crippen molar-refractivity contribution in [2.24, 2.45) is 11.1 Å². The first kappa shape index (κ1) is 14.6. The third-order valence-corrected chi connectivity index (χ3v) is 2.84. The summed E-state index contributed by atoms with van der Waals surface area (Å²) in [5, 5.41) is 7.49. The summed E-state index contributed by atoms with van der Waals surface area (Å²) >= 11 is 0. The summed E-state index contributed by atoms with van der Waals surface area (Å²) in [7, 11) is 1.59. The van der Waals surface area contributed by atoms with Gasteiger partial charge in [-0.1, -0.05) is 25.1 Å². The van der Waals surface area contributed by atoms with E-state index in [0.717, 1.165) is 37.3 Å². The predicted molar refractivity (Wildman–Crippen MR) is 74.7 cm³/mol. The summed E-state index contributed by atoms with van der Waals surface area (Å²) in [6, 6.07) is 5.88. The Kier molecular flexibility index (Phi) is 7.03. The smallest absolute Gasteiger partial charge is 0.108 e. The minimum Gasteiger partial charge on any atom is -0.399 e. The van der Waals surface area contributed by atoms with Crippen LogP contribution in [0.3, 0.4) is 0 Å². The molecular weight excluding hydrogens is 226 g/mol. The molecule has 4 heteroatoms. The normalized spacial score (nSPS) is 16.7. The highest BCUT2D eigenvalue weighted by Crippen LogP contribution is 2.18. The number of nitrogens with zero attached hydrogens (tertiary/aromatic N) is 2. The maximum absolute atomic E-state index is 4.94. The van der Waals surface area contributed by atoms with E-state index in [4.69, 9.17) is 4.84 Å². The summed E-state index contributed by atoms with van der Waals surface area (Å²) in [4.78, 5) is 9.28. The Hall–Kier alpha value is -1.42. The zero-order chi connectivity index (χ0) is 13.2. The van der Waals surface area contributed by atoms with Crippen LogP contribution in [0.25, 0.3) is 0 Å². The molecule has 0 saturated carbocycles. The molecule has 18 heavy (non-hydrogen) atoms. The highest BCUT2D eigenvalue weighted by atomic mass is 16.6. The van der Waals surface area contributed by atoms with Crippen LogP contribution in [0.1, 0.15) is 32.4 Å². The van der Waals surface area contributed by atoms with Crippen molar-refractivity contribution >= 4 is 5.71 Å². The van der Waals surface area contributed by atoms with Crippen LogP contribution < -0.4 is 5.32 Å². The van der Waals surface area contributed by atoms with Gasteiger partial charge in [-0.25, -0.2) is 0 Å². The molecule has 0 radical (unpaired) electrons. The molecule has 1 fully saturated rings. The van der Waals surface area contributed by atoms with Gasteiger partial charge in [0.2, 0.25) is 0 Å². The molecule has 0 aliphatic carbocycles. The van der Waals surface area contributed by atoms with Crippen LogP contribution >= 0.6 is 0 Å². The molecule has 2 heterocycles. The van der Waals surface area contributed by atoms with Crippen LogP contribution in [0, 0.1) is 5.92 Å². The molecule has 0 atom stereocenters. The van der Waals surface area contributed by atoms with Crippen molar-refractivity contribution in [2.75, 3.05) is 20.2 Å². The van der Waals surface area contributed by atoms with Gasteiger partial charge in [-0.05, 0) is 38.1 Å². The molecule has 4 nitrogen and oxygen atoms in total. The van der Waals surface area contributed by atoms with Gasteiger partial charge < -0.3 is 10.2 Å². The van der Waals surface area contributed by atoms with E-state index < -0.39 is 0 Å². The number of pyridine rings is 1. The van der Waals surface area contributed by atoms with Crippen molar-refractivity contribution in [2.45, 2.75) is 26.7 Å². The zero-order valence-corrected chi connectivity index (χ0v) is 11.5. The van der Waals surface area contributed by atoms with Crippen molar-refractivity contribution in [3.8, 4) is 0 Å². The molecule has 1 aliphatic heterocycles. The van der Waals surface area contributed by atoms with Gasteiger partial charge in [0, 0.05) is 12.1 Å². The van der Waals surface area contributed by atoms with Gasteiger partial charge in [0.15, 0.2) is 0 Å². The number of hydrogen-bond acceptors (Lipinski definition) is 4. The first-order valence-corrected chi connectivity index (χ1v) is 6.65. The molecular formula is C14H23N3O. The summed E-state index contributed by atoms with van der Waals surface area (Å²) in [5.41, 5.74) is 1.90. The first-order valence-electron chi connectivity index (χ1n) is 6.65. The number of hydrogen-bond donors (Lipinski definition) is 1. The second-order valence-electron chi connectivity index (χ2n) is 3.90. The lowest BCUT2D eigenvalue weighted by atomic mass is 9.91. The maximum atomic E-state index is 4.94. The molecule has 100 valence electrons. The van der Waals surface area contributed by atoms with Gasteiger partial charge in [0.05, 0.1) is 5.69 Å². The van der Waals surface area contributed by atoms with E-state index >= 15 is 0 Å². The van der Waals surface area contributed by atoms with Crippen molar-refractivity contribution in [1.82, 2.24) is 10.3 Å². The van der Waals surface area contributed by atoms with Crippen LogP contribution in [-0.4, -0.2) is 30.9 Å². The lowest BCUT2D eigenvalue weighted by Gasteiger charge is -2.23. The van der Waals surface area contributed by atoms with E-state index in [1.165, 1.54) is 0 Å². The molecule has 2 rings (SSSR count). The van der Waals surface area contributed by atoms with Crippen LogP contribution in [0.15, 0.2) is 29.6 Å². The Morgan fingerprint density at radius 2 is 2.06 bits per heavy atom. The van der Waals surface area contributed by atoms with Crippen molar-refractivity contribution < 1.29 is 4.84 Å². The Morgan fingerprint density at radius 1 is 1.33 bits per heavy atom. The topological polar surface area (TPSA) is 46.5 Å². The Bertz CT molecular complexity index is 345. The molecule has 0 aromatic carbocycles. The SMILES string of the molecule is CC.CO/N=C(/c1ccccn1)C1CCNCC1. The van der Waals surface area contributed by atoms with Crippen molar-refractivity contribution in [3.63, 3.8) is 0 Å². The molecule has 1 N–H and O–H groups in total. The quantitative estimate of drug-likeness (QED) is 0.661. The van der Waals surface area contributed by atoms with E-state index in [-0.39, 0.29) is 0 Å². The Balaban J connectivity index is 0.000000771. The van der Waals surface area contributed by atoms with Gasteiger partial charge in [-0.3, -0.25) is 4.98 Å². The van der Waals surface area contributed by atoms with E-state index in [0.29, 0.717) is 5.92 Å². The lowest BCUT2D eigenvalue weighted by molar-refractivity contribution is 0.210. The van der Waals surface area contributed by atoms with Crippen molar-refractivity contribution in [1.29, 1.82) is 0 Å². The molecule has 1 saturated heterocycles. The van der Waals surface area contributed by atoms with Crippen LogP contribution in [-0.2, 0) is 4.84 Å². The van der Waals surface area contributed by atoms with E-state index in [1.54, 1.807) is 13.3 Å². The zero-order valence-electron chi connectivity index (χ0n) is 11.5. The van der Waals surface area contributed by atoms with E-state index in [2.05, 4.69) is 15.5 Å². The molecule has 0 spiro atoms. The van der Waals surface area contributed by atoms with Crippen LogP contribution in [0.2, 0.25) is 0 Å². The first-order chi connectivity index (χ1) is 8.92. The summed E-state index contributed by atoms with van der Waals surface area (Å²) < 4.78 is 0. The van der Waals surface area contributed by atoms with Gasteiger partial charge in [-0.15, -0.1) is 0 Å². The number of nitrogens with one attached hydrogen (secondary N) is 1. The monoisotopic (exact) mass is 249 g/mol. The molecule has 1 aromatic heterocycles. The fraction of sp³-hybridized carbons (Fsp3) is 0.571. The van der Waals surface area contributed by atoms with Crippen molar-refractivity contribution in [3.05, 3.63) is 30.1 Å². The maximum Gasteiger partial charge on any atom is 0.108 e. The third-order valence-electron chi connectivity index (χ3n) is 2.84. The van der Waals surface area contributed by atoms with Gasteiger partial charge in [0.25, 0.3) is 0 Å². The highest BCUT2D eigenvalue weighted by molar-refractivity contribution is 6.00. The minimum atomic E-state index is 0.455. The molecule has 1 aliphatic rings. The van der Waals surface area contributed by atoms with E-state index in [9.17, 15) is 0 Å². The Morgan fingerprint density at radius 3 is 2.61 bits per heavy atom. The number of aromatic nitrogens is 1. The standard InChI is InChI=1S/C12H17N3O.C2H6/c1-16-15-12(10-5-8-13-9-6-10)11-4-2-3-7-14-11;1-2/h2-4,7,10,13H,5-6,8-9H2,1H3;1-2H3/b15-12+;. The second kappa shape index (κ2) is 8.64. The highest BCUT2D eigenvalue weighted by Gasteiger charge is 2.21. The largest absolute Gasteiger partial charge is 0.399 e. The molecule has 1 aromatic rings. The average Bonchev–Trinajstić information content (AvgIpc) is 2.49. The lowest BCUT2D eigenvalue weighted by Crippen LogP contribution is -2.32. The second-order valence-corrected chi connectivity index (χ2v) is 3.90.